The smallest absolute Gasteiger partial charge is 0.277 e. The zero-order chi connectivity index (χ0) is 47.7. The van der Waals surface area contributed by atoms with E-state index in [1.165, 1.54) is 91.6 Å². The van der Waals surface area contributed by atoms with Gasteiger partial charge in [0, 0.05) is 63.8 Å². The molecule has 0 saturated heterocycles. The number of para-hydroxylation sites is 2. The molecule has 7 aromatic carbocycles. The monoisotopic (exact) mass is 923 g/mol. The summed E-state index contributed by atoms with van der Waals surface area (Å²) in [7, 11) is 0. The second-order valence-corrected chi connectivity index (χ2v) is 25.2. The summed E-state index contributed by atoms with van der Waals surface area (Å²) in [5, 5.41) is 2.63. The predicted molar refractivity (Wildman–Crippen MR) is 301 cm³/mol. The lowest BCUT2D eigenvalue weighted by Crippen LogP contribution is -2.59. The van der Waals surface area contributed by atoms with Crippen molar-refractivity contribution in [2.45, 2.75) is 105 Å². The molecule has 6 heteroatoms. The molecule has 2 aliphatic rings. The van der Waals surface area contributed by atoms with Gasteiger partial charge in [-0.15, -0.1) is 22.7 Å². The lowest BCUT2D eigenvalue weighted by molar-refractivity contribution is 0.590. The van der Waals surface area contributed by atoms with Crippen molar-refractivity contribution < 1.29 is 0 Å². The zero-order valence-electron chi connectivity index (χ0n) is 41.7. The number of rotatable bonds is 5. The Hall–Kier alpha value is -6.08. The summed E-state index contributed by atoms with van der Waals surface area (Å²) in [5.74, 6) is 0. The Balaban J connectivity index is 1.32. The number of thiophene rings is 2. The molecule has 0 N–H and O–H groups in total. The third-order valence-electron chi connectivity index (χ3n) is 14.2. The largest absolute Gasteiger partial charge is 0.310 e. The first kappa shape index (κ1) is 44.4. The van der Waals surface area contributed by atoms with Crippen molar-refractivity contribution >= 4 is 116 Å². The van der Waals surface area contributed by atoms with Crippen LogP contribution in [0.25, 0.3) is 20.2 Å². The number of nitrogens with zero attached hydrogens (tertiary/aromatic N) is 3. The first-order chi connectivity index (χ1) is 32.3. The maximum atomic E-state index is 2.64. The van der Waals surface area contributed by atoms with E-state index in [2.05, 4.69) is 256 Å². The van der Waals surface area contributed by atoms with Gasteiger partial charge in [-0.1, -0.05) is 180 Å². The zero-order valence-corrected chi connectivity index (χ0v) is 43.4. The molecular weight excluding hydrogens is 862 g/mol. The molecule has 0 unspecified atom stereocenters. The summed E-state index contributed by atoms with van der Waals surface area (Å²) < 4.78 is 5.58. The molecular formula is C62H62BN3S2. The van der Waals surface area contributed by atoms with Gasteiger partial charge < -0.3 is 14.7 Å². The predicted octanol–water partition coefficient (Wildman–Crippen LogP) is 16.9. The third kappa shape index (κ3) is 7.21. The van der Waals surface area contributed by atoms with Gasteiger partial charge in [0.05, 0.1) is 17.1 Å². The average Bonchev–Trinajstić information content (AvgIpc) is 3.88. The Kier molecular flexibility index (Phi) is 10.3. The molecule has 9 aromatic rings. The topological polar surface area (TPSA) is 9.72 Å². The van der Waals surface area contributed by atoms with E-state index >= 15 is 0 Å². The van der Waals surface area contributed by atoms with Gasteiger partial charge in [-0.05, 0) is 110 Å². The van der Waals surface area contributed by atoms with Gasteiger partial charge in [0.15, 0.2) is 0 Å². The average molecular weight is 924 g/mol. The Morgan fingerprint density at radius 1 is 0.397 bits per heavy atom. The lowest BCUT2D eigenvalue weighted by Gasteiger charge is -2.43. The van der Waals surface area contributed by atoms with Crippen LogP contribution >= 0.6 is 22.7 Å². The van der Waals surface area contributed by atoms with Crippen LogP contribution in [0.1, 0.15) is 105 Å². The molecule has 2 aromatic heterocycles. The normalized spacial score (nSPS) is 13.8. The summed E-state index contributed by atoms with van der Waals surface area (Å²) in [6, 6.07) is 59.8. The number of hydrogen-bond acceptors (Lipinski definition) is 5. The van der Waals surface area contributed by atoms with Gasteiger partial charge in [-0.2, -0.15) is 0 Å². The van der Waals surface area contributed by atoms with Crippen molar-refractivity contribution in [3.8, 4) is 0 Å². The Labute approximate surface area is 412 Å². The molecule has 3 nitrogen and oxygen atoms in total. The van der Waals surface area contributed by atoms with E-state index in [-0.39, 0.29) is 28.4 Å². The molecule has 4 heterocycles. The van der Waals surface area contributed by atoms with Crippen molar-refractivity contribution in [3.63, 3.8) is 0 Å². The molecule has 0 spiro atoms. The van der Waals surface area contributed by atoms with E-state index in [0.717, 1.165) is 17.1 Å². The first-order valence-electron chi connectivity index (χ1n) is 24.3. The van der Waals surface area contributed by atoms with Crippen LogP contribution in [0.4, 0.5) is 51.2 Å². The number of benzene rings is 7. The van der Waals surface area contributed by atoms with Crippen molar-refractivity contribution in [1.29, 1.82) is 0 Å². The third-order valence-corrected chi connectivity index (χ3v) is 16.8. The van der Waals surface area contributed by atoms with Crippen molar-refractivity contribution in [3.05, 3.63) is 180 Å². The molecule has 0 bridgehead atoms. The minimum Gasteiger partial charge on any atom is -0.310 e. The molecule has 11 rings (SSSR count). The van der Waals surface area contributed by atoms with Gasteiger partial charge in [-0.25, -0.2) is 0 Å². The van der Waals surface area contributed by atoms with Crippen molar-refractivity contribution in [1.82, 2.24) is 0 Å². The fourth-order valence-corrected chi connectivity index (χ4v) is 14.0. The highest BCUT2D eigenvalue weighted by Gasteiger charge is 2.48. The molecule has 0 radical (unpaired) electrons. The van der Waals surface area contributed by atoms with Gasteiger partial charge in [0.1, 0.15) is 0 Å². The standard InChI is InChI=1S/C62H62BN3S2/c1-59(2,3)39-29-33-43(34-30-39)65-50-37-45(64(41-21-15-13-16-22-41)42-23-17-14-18-24-42)38-51-52(50)63(57-53(65)46-25-19-27-48(55(46)67-57)61(7,8)9)58-54(47-26-20-28-49(56(47)68-58)62(10,11)12)66(51)44-35-31-40(32-36-44)60(4,5)6/h13-38H,1-12H3. The highest BCUT2D eigenvalue weighted by atomic mass is 32.1. The number of fused-ring (bicyclic) bond motifs is 8. The molecule has 0 fully saturated rings. The number of anilines is 9. The summed E-state index contributed by atoms with van der Waals surface area (Å²) in [4.78, 5) is 7.73. The fourth-order valence-electron chi connectivity index (χ4n) is 10.7. The second-order valence-electron chi connectivity index (χ2n) is 23.1. The minimum absolute atomic E-state index is 0.00610. The van der Waals surface area contributed by atoms with Gasteiger partial charge in [-0.3, -0.25) is 0 Å². The van der Waals surface area contributed by atoms with Crippen molar-refractivity contribution in [2.75, 3.05) is 14.7 Å². The van der Waals surface area contributed by atoms with E-state index in [9.17, 15) is 0 Å². The minimum atomic E-state index is -0.0455. The second kappa shape index (κ2) is 15.7. The SMILES string of the molecule is CC(C)(C)c1ccc(N2c3cc(N(c4ccccc4)c4ccccc4)cc4c3B(c3sc5c(C(C)(C)C)cccc5c32)c2sc3c(C(C)(C)C)cccc3c2N4c2ccc(C(C)(C)C)cc2)cc1. The van der Waals surface area contributed by atoms with Crippen LogP contribution < -0.4 is 29.7 Å². The van der Waals surface area contributed by atoms with Crippen LogP contribution in [0, 0.1) is 0 Å². The Morgan fingerprint density at radius 2 is 0.779 bits per heavy atom. The lowest BCUT2D eigenvalue weighted by atomic mass is 9.39. The molecule has 2 aliphatic heterocycles. The first-order valence-corrected chi connectivity index (χ1v) is 25.9. The van der Waals surface area contributed by atoms with Crippen molar-refractivity contribution in [2.24, 2.45) is 0 Å². The fraction of sp³-hybridized carbons (Fsp3) is 0.258. The Morgan fingerprint density at radius 3 is 1.13 bits per heavy atom. The maximum absolute atomic E-state index is 2.64. The van der Waals surface area contributed by atoms with Crippen LogP contribution in [0.15, 0.2) is 158 Å². The van der Waals surface area contributed by atoms with Gasteiger partial charge in [0.2, 0.25) is 0 Å². The number of hydrogen-bond donors (Lipinski definition) is 0. The van der Waals surface area contributed by atoms with Gasteiger partial charge >= 0.3 is 0 Å². The Bertz CT molecular complexity index is 3150. The molecule has 0 amide bonds. The molecule has 0 saturated carbocycles. The van der Waals surface area contributed by atoms with E-state index in [1.807, 2.05) is 22.7 Å². The van der Waals surface area contributed by atoms with Crippen LogP contribution in [0.5, 0.6) is 0 Å². The summed E-state index contributed by atoms with van der Waals surface area (Å²) >= 11 is 4.05. The maximum Gasteiger partial charge on any atom is 0.277 e. The summed E-state index contributed by atoms with van der Waals surface area (Å²) in [6.45, 7) is 28.1. The summed E-state index contributed by atoms with van der Waals surface area (Å²) in [5.41, 5.74) is 17.4. The van der Waals surface area contributed by atoms with Crippen LogP contribution in [0.3, 0.4) is 0 Å². The molecule has 340 valence electrons. The van der Waals surface area contributed by atoms with E-state index in [0.29, 0.717) is 0 Å². The highest BCUT2D eigenvalue weighted by molar-refractivity contribution is 7.41. The summed E-state index contributed by atoms with van der Waals surface area (Å²) in [6.07, 6.45) is 0. The van der Waals surface area contributed by atoms with Crippen LogP contribution in [-0.4, -0.2) is 6.71 Å². The van der Waals surface area contributed by atoms with Crippen LogP contribution in [0.2, 0.25) is 0 Å². The molecule has 0 atom stereocenters. The van der Waals surface area contributed by atoms with Gasteiger partial charge in [0.25, 0.3) is 6.71 Å². The molecule has 68 heavy (non-hydrogen) atoms. The quantitative estimate of drug-likeness (QED) is 0.159. The highest BCUT2D eigenvalue weighted by Crippen LogP contribution is 2.54. The van der Waals surface area contributed by atoms with E-state index in [4.69, 9.17) is 0 Å². The van der Waals surface area contributed by atoms with E-state index in [1.54, 1.807) is 0 Å². The van der Waals surface area contributed by atoms with Crippen LogP contribution in [-0.2, 0) is 21.7 Å². The molecule has 0 aliphatic carbocycles. The van der Waals surface area contributed by atoms with E-state index < -0.39 is 0 Å².